The topological polar surface area (TPSA) is 93.7 Å². The summed E-state index contributed by atoms with van der Waals surface area (Å²) in [4.78, 5) is 35.3. The number of hydrogen-bond acceptors (Lipinski definition) is 5. The van der Waals surface area contributed by atoms with Crippen LogP contribution in [-0.4, -0.2) is 36.2 Å². The van der Waals surface area contributed by atoms with Gasteiger partial charge in [0.25, 0.3) is 5.91 Å². The van der Waals surface area contributed by atoms with Crippen molar-refractivity contribution in [3.63, 3.8) is 0 Å². The Balaban J connectivity index is 2.26. The average molecular weight is 364 g/mol. The molecular weight excluding hydrogens is 336 g/mol. The first-order valence-corrected chi connectivity index (χ1v) is 8.59. The van der Waals surface area contributed by atoms with Crippen LogP contribution < -0.4 is 15.4 Å². The Morgan fingerprint density at radius 3 is 2.50 bits per heavy atom. The second-order valence-corrected chi connectivity index (χ2v) is 7.09. The van der Waals surface area contributed by atoms with Crippen LogP contribution in [0.4, 0.5) is 4.79 Å². The Morgan fingerprint density at radius 2 is 1.88 bits per heavy atom. The molecule has 0 radical (unpaired) electrons. The van der Waals surface area contributed by atoms with Crippen molar-refractivity contribution in [3.8, 4) is 5.75 Å². The lowest BCUT2D eigenvalue weighted by molar-refractivity contribution is -0.154. The molecule has 0 aliphatic carbocycles. The van der Waals surface area contributed by atoms with Crippen LogP contribution in [-0.2, 0) is 14.3 Å². The summed E-state index contributed by atoms with van der Waals surface area (Å²) >= 11 is 0. The van der Waals surface area contributed by atoms with Crippen LogP contribution in [0.5, 0.6) is 5.75 Å². The lowest BCUT2D eigenvalue weighted by atomic mass is 10.1. The van der Waals surface area contributed by atoms with Crippen molar-refractivity contribution in [3.05, 3.63) is 29.8 Å². The molecule has 144 valence electrons. The van der Waals surface area contributed by atoms with E-state index in [1.165, 1.54) is 6.92 Å². The van der Waals surface area contributed by atoms with Crippen molar-refractivity contribution in [2.75, 3.05) is 6.61 Å². The van der Waals surface area contributed by atoms with Gasteiger partial charge < -0.3 is 14.8 Å². The Morgan fingerprint density at radius 1 is 1.19 bits per heavy atom. The molecule has 0 aliphatic heterocycles. The van der Waals surface area contributed by atoms with Gasteiger partial charge >= 0.3 is 12.0 Å². The summed E-state index contributed by atoms with van der Waals surface area (Å²) in [5, 5.41) is 4.74. The fourth-order valence-electron chi connectivity index (χ4n) is 2.01. The molecule has 3 amide bonds. The molecule has 7 heteroatoms. The summed E-state index contributed by atoms with van der Waals surface area (Å²) in [6.07, 6.45) is -0.464. The lowest BCUT2D eigenvalue weighted by Gasteiger charge is -2.21. The van der Waals surface area contributed by atoms with Crippen molar-refractivity contribution in [1.29, 1.82) is 0 Å². The SMILES string of the molecule is Cc1cccc(OCCCC(=O)OC(C)C(=O)NC(=O)NC(C)(C)C)c1. The van der Waals surface area contributed by atoms with Crippen LogP contribution >= 0.6 is 0 Å². The van der Waals surface area contributed by atoms with Gasteiger partial charge in [0, 0.05) is 12.0 Å². The number of ether oxygens (including phenoxy) is 2. The molecule has 0 saturated carbocycles. The van der Waals surface area contributed by atoms with Gasteiger partial charge in [-0.2, -0.15) is 0 Å². The standard InChI is InChI=1S/C19H28N2O5/c1-13-8-6-9-15(12-13)25-11-7-10-16(22)26-14(2)17(23)20-18(24)21-19(3,4)5/h6,8-9,12,14H,7,10-11H2,1-5H3,(H2,20,21,23,24). The molecule has 26 heavy (non-hydrogen) atoms. The summed E-state index contributed by atoms with van der Waals surface area (Å²) in [7, 11) is 0. The minimum Gasteiger partial charge on any atom is -0.494 e. The van der Waals surface area contributed by atoms with Gasteiger partial charge in [-0.25, -0.2) is 4.79 Å². The minimum atomic E-state index is -1.05. The van der Waals surface area contributed by atoms with E-state index in [0.717, 1.165) is 11.3 Å². The molecule has 1 unspecified atom stereocenters. The highest BCUT2D eigenvalue weighted by atomic mass is 16.5. The van der Waals surface area contributed by atoms with Gasteiger partial charge in [0.2, 0.25) is 0 Å². The highest BCUT2D eigenvalue weighted by Crippen LogP contribution is 2.12. The fourth-order valence-corrected chi connectivity index (χ4v) is 2.01. The van der Waals surface area contributed by atoms with Crippen molar-refractivity contribution < 1.29 is 23.9 Å². The van der Waals surface area contributed by atoms with E-state index in [0.29, 0.717) is 13.0 Å². The van der Waals surface area contributed by atoms with Gasteiger partial charge in [0.15, 0.2) is 6.10 Å². The Kier molecular flexibility index (Phi) is 8.09. The average Bonchev–Trinajstić information content (AvgIpc) is 2.49. The van der Waals surface area contributed by atoms with Crippen molar-refractivity contribution in [2.24, 2.45) is 0 Å². The molecule has 0 aliphatic rings. The van der Waals surface area contributed by atoms with E-state index < -0.39 is 29.6 Å². The number of esters is 1. The Bertz CT molecular complexity index is 637. The number of hydrogen-bond donors (Lipinski definition) is 2. The zero-order valence-electron chi connectivity index (χ0n) is 16.0. The van der Waals surface area contributed by atoms with E-state index in [1.54, 1.807) is 20.8 Å². The molecule has 1 atom stereocenters. The quantitative estimate of drug-likeness (QED) is 0.573. The second kappa shape index (κ2) is 9.79. The second-order valence-electron chi connectivity index (χ2n) is 7.09. The van der Waals surface area contributed by atoms with Gasteiger partial charge in [-0.1, -0.05) is 12.1 Å². The molecule has 0 fully saturated rings. The minimum absolute atomic E-state index is 0.123. The van der Waals surface area contributed by atoms with Gasteiger partial charge in [0.05, 0.1) is 6.61 Å². The smallest absolute Gasteiger partial charge is 0.321 e. The summed E-state index contributed by atoms with van der Waals surface area (Å²) in [5.74, 6) is -0.441. The number of rotatable bonds is 7. The molecule has 1 aromatic rings. The summed E-state index contributed by atoms with van der Waals surface area (Å²) in [5.41, 5.74) is 0.624. The molecule has 1 rings (SSSR count). The van der Waals surface area contributed by atoms with Crippen LogP contribution in [0.15, 0.2) is 24.3 Å². The predicted octanol–water partition coefficient (Wildman–Crippen LogP) is 2.71. The van der Waals surface area contributed by atoms with Gasteiger partial charge in [-0.05, 0) is 58.7 Å². The molecule has 0 saturated heterocycles. The maximum atomic E-state index is 11.8. The molecule has 7 nitrogen and oxygen atoms in total. The molecule has 0 aromatic heterocycles. The molecular formula is C19H28N2O5. The molecule has 1 aromatic carbocycles. The number of aryl methyl sites for hydroxylation is 1. The van der Waals surface area contributed by atoms with Crippen LogP contribution in [0.3, 0.4) is 0 Å². The first-order valence-electron chi connectivity index (χ1n) is 8.59. The van der Waals surface area contributed by atoms with Crippen molar-refractivity contribution >= 4 is 17.9 Å². The van der Waals surface area contributed by atoms with Crippen LogP contribution in [0, 0.1) is 6.92 Å². The summed E-state index contributed by atoms with van der Waals surface area (Å²) in [6, 6.07) is 7.00. The van der Waals surface area contributed by atoms with Gasteiger partial charge in [-0.3, -0.25) is 14.9 Å². The number of carbonyl (C=O) groups excluding carboxylic acids is 3. The normalized spacial score (nSPS) is 12.0. The van der Waals surface area contributed by atoms with E-state index in [-0.39, 0.29) is 6.42 Å². The maximum absolute atomic E-state index is 11.8. The Hall–Kier alpha value is -2.57. The van der Waals surface area contributed by atoms with Crippen molar-refractivity contribution in [1.82, 2.24) is 10.6 Å². The predicted molar refractivity (Wildman–Crippen MR) is 97.9 cm³/mol. The lowest BCUT2D eigenvalue weighted by Crippen LogP contribution is -2.50. The molecule has 0 bridgehead atoms. The third kappa shape index (κ3) is 9.05. The first-order chi connectivity index (χ1) is 12.1. The zero-order chi connectivity index (χ0) is 19.7. The van der Waals surface area contributed by atoms with E-state index in [2.05, 4.69) is 10.6 Å². The number of imide groups is 1. The zero-order valence-corrected chi connectivity index (χ0v) is 16.0. The van der Waals surface area contributed by atoms with Crippen LogP contribution in [0.25, 0.3) is 0 Å². The van der Waals surface area contributed by atoms with E-state index in [1.807, 2.05) is 31.2 Å². The highest BCUT2D eigenvalue weighted by molar-refractivity contribution is 5.97. The Labute approximate surface area is 154 Å². The third-order valence-corrected chi connectivity index (χ3v) is 3.19. The number of nitrogens with one attached hydrogen (secondary N) is 2. The van der Waals surface area contributed by atoms with E-state index in [9.17, 15) is 14.4 Å². The fraction of sp³-hybridized carbons (Fsp3) is 0.526. The third-order valence-electron chi connectivity index (χ3n) is 3.19. The van der Waals surface area contributed by atoms with Crippen molar-refractivity contribution in [2.45, 2.75) is 59.1 Å². The maximum Gasteiger partial charge on any atom is 0.321 e. The highest BCUT2D eigenvalue weighted by Gasteiger charge is 2.21. The monoisotopic (exact) mass is 364 g/mol. The molecule has 2 N–H and O–H groups in total. The molecule has 0 heterocycles. The van der Waals surface area contributed by atoms with E-state index >= 15 is 0 Å². The summed E-state index contributed by atoms with van der Waals surface area (Å²) < 4.78 is 10.6. The van der Waals surface area contributed by atoms with Crippen LogP contribution in [0.1, 0.15) is 46.1 Å². The largest absolute Gasteiger partial charge is 0.494 e. The number of carbonyl (C=O) groups is 3. The number of amides is 3. The number of benzene rings is 1. The first kappa shape index (κ1) is 21.5. The van der Waals surface area contributed by atoms with E-state index in [4.69, 9.17) is 9.47 Å². The number of urea groups is 1. The van der Waals surface area contributed by atoms with Gasteiger partial charge in [0.1, 0.15) is 5.75 Å². The summed E-state index contributed by atoms with van der Waals surface area (Å²) in [6.45, 7) is 9.13. The van der Waals surface area contributed by atoms with Gasteiger partial charge in [-0.15, -0.1) is 0 Å². The van der Waals surface area contributed by atoms with Crippen LogP contribution in [0.2, 0.25) is 0 Å². The molecule has 0 spiro atoms.